The number of nitro groups is 1. The fourth-order valence-electron chi connectivity index (χ4n) is 2.28. The summed E-state index contributed by atoms with van der Waals surface area (Å²) in [6.45, 7) is 1.98. The van der Waals surface area contributed by atoms with E-state index in [-0.39, 0.29) is 17.3 Å². The molecule has 0 N–H and O–H groups in total. The smallest absolute Gasteiger partial charge is 0.363 e. The standard InChI is InChI=1S/C19H13IN2O4/c1-12-11-14(7-10-16(12)20)18-21-17(19(23)26-18)4-2-3-13-5-8-15(9-6-13)22(24)25/h2-11H,1H3/b3-2+,17-4-. The molecule has 26 heavy (non-hydrogen) atoms. The number of carbonyl (C=O) groups excluding carboxylic acids is 1. The van der Waals surface area contributed by atoms with E-state index in [4.69, 9.17) is 4.74 Å². The zero-order valence-electron chi connectivity index (χ0n) is 13.7. The molecule has 6 nitrogen and oxygen atoms in total. The zero-order valence-corrected chi connectivity index (χ0v) is 15.8. The molecule has 7 heteroatoms. The van der Waals surface area contributed by atoms with Crippen LogP contribution in [0.3, 0.4) is 0 Å². The van der Waals surface area contributed by atoms with Gasteiger partial charge in [0, 0.05) is 21.3 Å². The summed E-state index contributed by atoms with van der Waals surface area (Å²) in [6, 6.07) is 11.8. The molecule has 1 aliphatic rings. The van der Waals surface area contributed by atoms with Crippen molar-refractivity contribution in [2.75, 3.05) is 0 Å². The van der Waals surface area contributed by atoms with Crippen LogP contribution < -0.4 is 0 Å². The highest BCUT2D eigenvalue weighted by molar-refractivity contribution is 14.1. The van der Waals surface area contributed by atoms with Gasteiger partial charge in [-0.05, 0) is 77.0 Å². The third kappa shape index (κ3) is 4.05. The van der Waals surface area contributed by atoms with Crippen molar-refractivity contribution < 1.29 is 14.5 Å². The average molecular weight is 460 g/mol. The number of carbonyl (C=O) groups is 1. The second-order valence-corrected chi connectivity index (χ2v) is 6.69. The van der Waals surface area contributed by atoms with Gasteiger partial charge in [0.15, 0.2) is 5.70 Å². The maximum absolute atomic E-state index is 12.0. The van der Waals surface area contributed by atoms with Crippen molar-refractivity contribution in [1.82, 2.24) is 0 Å². The molecule has 1 heterocycles. The molecule has 0 radical (unpaired) electrons. The van der Waals surface area contributed by atoms with Crippen molar-refractivity contribution in [3.8, 4) is 0 Å². The molecule has 0 bridgehead atoms. The van der Waals surface area contributed by atoms with Crippen molar-refractivity contribution in [3.63, 3.8) is 0 Å². The number of aryl methyl sites for hydroxylation is 1. The number of hydrogen-bond acceptors (Lipinski definition) is 5. The number of allylic oxidation sites excluding steroid dienone is 2. The van der Waals surface area contributed by atoms with Crippen molar-refractivity contribution in [2.24, 2.45) is 4.99 Å². The first-order valence-electron chi connectivity index (χ1n) is 7.64. The summed E-state index contributed by atoms with van der Waals surface area (Å²) in [4.78, 5) is 26.4. The van der Waals surface area contributed by atoms with Crippen LogP contribution in [0.5, 0.6) is 0 Å². The van der Waals surface area contributed by atoms with Crippen LogP contribution in [0.2, 0.25) is 0 Å². The summed E-state index contributed by atoms with van der Waals surface area (Å²) >= 11 is 2.24. The van der Waals surface area contributed by atoms with Crippen LogP contribution in [-0.4, -0.2) is 16.8 Å². The minimum Gasteiger partial charge on any atom is -0.402 e. The highest BCUT2D eigenvalue weighted by atomic mass is 127. The topological polar surface area (TPSA) is 81.8 Å². The fraction of sp³-hybridized carbons (Fsp3) is 0.0526. The summed E-state index contributed by atoms with van der Waals surface area (Å²) in [5.41, 5.74) is 2.84. The molecule has 0 fully saturated rings. The van der Waals surface area contributed by atoms with Crippen molar-refractivity contribution in [3.05, 3.63) is 90.7 Å². The first-order chi connectivity index (χ1) is 12.4. The molecular weight excluding hydrogens is 447 g/mol. The summed E-state index contributed by atoms with van der Waals surface area (Å²) in [6.07, 6.45) is 4.94. The largest absolute Gasteiger partial charge is 0.402 e. The minimum absolute atomic E-state index is 0.0296. The number of nitrogens with zero attached hydrogens (tertiary/aromatic N) is 2. The molecular formula is C19H13IN2O4. The second kappa shape index (κ2) is 7.61. The Kier molecular flexibility index (Phi) is 5.27. The Morgan fingerprint density at radius 3 is 2.58 bits per heavy atom. The lowest BCUT2D eigenvalue weighted by Gasteiger charge is -2.02. The first-order valence-corrected chi connectivity index (χ1v) is 8.72. The van der Waals surface area contributed by atoms with Crippen LogP contribution in [0, 0.1) is 20.6 Å². The number of rotatable bonds is 4. The molecule has 0 atom stereocenters. The van der Waals surface area contributed by atoms with Crippen LogP contribution in [0.25, 0.3) is 6.08 Å². The predicted molar refractivity (Wildman–Crippen MR) is 107 cm³/mol. The van der Waals surface area contributed by atoms with Gasteiger partial charge in [0.05, 0.1) is 4.92 Å². The Hall–Kier alpha value is -2.81. The molecule has 0 amide bonds. The summed E-state index contributed by atoms with van der Waals surface area (Å²) in [5.74, 6) is -0.228. The summed E-state index contributed by atoms with van der Waals surface area (Å²) in [5, 5.41) is 10.6. The molecule has 1 aliphatic heterocycles. The number of hydrogen-bond donors (Lipinski definition) is 0. The van der Waals surface area contributed by atoms with E-state index in [0.29, 0.717) is 0 Å². The van der Waals surface area contributed by atoms with E-state index in [2.05, 4.69) is 27.6 Å². The first kappa shape index (κ1) is 18.0. The lowest BCUT2D eigenvalue weighted by atomic mass is 10.1. The van der Waals surface area contributed by atoms with Crippen LogP contribution in [0.15, 0.2) is 65.3 Å². The van der Waals surface area contributed by atoms with E-state index in [9.17, 15) is 14.9 Å². The number of nitro benzene ring substituents is 1. The van der Waals surface area contributed by atoms with Gasteiger partial charge in [-0.1, -0.05) is 12.2 Å². The predicted octanol–water partition coefficient (Wildman–Crippen LogP) is 4.41. The minimum atomic E-state index is -0.510. The van der Waals surface area contributed by atoms with Gasteiger partial charge in [-0.15, -0.1) is 0 Å². The Morgan fingerprint density at radius 2 is 1.92 bits per heavy atom. The average Bonchev–Trinajstić information content (AvgIpc) is 2.99. The third-order valence-electron chi connectivity index (χ3n) is 3.67. The number of halogens is 1. The summed E-state index contributed by atoms with van der Waals surface area (Å²) in [7, 11) is 0. The zero-order chi connectivity index (χ0) is 18.7. The second-order valence-electron chi connectivity index (χ2n) is 5.53. The highest BCUT2D eigenvalue weighted by Crippen LogP contribution is 2.20. The van der Waals surface area contributed by atoms with Gasteiger partial charge in [0.2, 0.25) is 5.90 Å². The summed E-state index contributed by atoms with van der Waals surface area (Å²) < 4.78 is 6.35. The maximum atomic E-state index is 12.0. The highest BCUT2D eigenvalue weighted by Gasteiger charge is 2.23. The van der Waals surface area contributed by atoms with Crippen molar-refractivity contribution in [2.45, 2.75) is 6.92 Å². The Morgan fingerprint density at radius 1 is 1.19 bits per heavy atom. The normalized spacial score (nSPS) is 15.4. The number of esters is 1. The molecule has 0 unspecified atom stereocenters. The molecule has 130 valence electrons. The monoisotopic (exact) mass is 460 g/mol. The van der Waals surface area contributed by atoms with E-state index >= 15 is 0 Å². The number of benzene rings is 2. The fourth-order valence-corrected chi connectivity index (χ4v) is 2.62. The van der Waals surface area contributed by atoms with Gasteiger partial charge < -0.3 is 4.74 Å². The molecule has 3 rings (SSSR count). The molecule has 0 aromatic heterocycles. The maximum Gasteiger partial charge on any atom is 0.363 e. The Balaban J connectivity index is 1.77. The van der Waals surface area contributed by atoms with Gasteiger partial charge in [-0.25, -0.2) is 9.79 Å². The molecule has 0 saturated heterocycles. The van der Waals surface area contributed by atoms with E-state index in [0.717, 1.165) is 20.3 Å². The van der Waals surface area contributed by atoms with Crippen LogP contribution >= 0.6 is 22.6 Å². The van der Waals surface area contributed by atoms with Gasteiger partial charge in [-0.2, -0.15) is 0 Å². The molecule has 0 saturated carbocycles. The van der Waals surface area contributed by atoms with Gasteiger partial charge in [-0.3, -0.25) is 10.1 Å². The molecule has 0 aliphatic carbocycles. The quantitative estimate of drug-likeness (QED) is 0.223. The van der Waals surface area contributed by atoms with Gasteiger partial charge in [0.1, 0.15) is 0 Å². The molecule has 2 aromatic rings. The lowest BCUT2D eigenvalue weighted by molar-refractivity contribution is -0.384. The Labute approximate surface area is 163 Å². The van der Waals surface area contributed by atoms with Gasteiger partial charge >= 0.3 is 5.97 Å². The van der Waals surface area contributed by atoms with E-state index < -0.39 is 10.9 Å². The Bertz CT molecular complexity index is 976. The number of cyclic esters (lactones) is 1. The lowest BCUT2D eigenvalue weighted by Crippen LogP contribution is -2.05. The van der Waals surface area contributed by atoms with E-state index in [1.54, 1.807) is 30.4 Å². The van der Waals surface area contributed by atoms with Crippen LogP contribution in [-0.2, 0) is 9.53 Å². The molecule has 2 aromatic carbocycles. The van der Waals surface area contributed by atoms with Crippen LogP contribution in [0.4, 0.5) is 5.69 Å². The number of ether oxygens (including phenoxy) is 1. The van der Waals surface area contributed by atoms with Crippen molar-refractivity contribution in [1.29, 1.82) is 0 Å². The van der Waals surface area contributed by atoms with Crippen LogP contribution in [0.1, 0.15) is 16.7 Å². The van der Waals surface area contributed by atoms with Gasteiger partial charge in [0.25, 0.3) is 5.69 Å². The third-order valence-corrected chi connectivity index (χ3v) is 4.88. The number of non-ortho nitro benzene ring substituents is 1. The van der Waals surface area contributed by atoms with E-state index in [1.807, 2.05) is 25.1 Å². The van der Waals surface area contributed by atoms with Crippen molar-refractivity contribution >= 4 is 46.2 Å². The van der Waals surface area contributed by atoms with E-state index in [1.165, 1.54) is 12.1 Å². The SMILES string of the molecule is Cc1cc(C2=N/C(=C\C=C\c3ccc([N+](=O)[O-])cc3)C(=O)O2)ccc1I. The molecule has 0 spiro atoms. The number of aliphatic imine (C=N–C) groups is 1.